The minimum atomic E-state index is -1.22. The average molecular weight is 271 g/mol. The first kappa shape index (κ1) is 12.4. The monoisotopic (exact) mass is 271 g/mol. The van der Waals surface area contributed by atoms with Gasteiger partial charge < -0.3 is 20.5 Å². The van der Waals surface area contributed by atoms with Crippen LogP contribution in [-0.4, -0.2) is 50.0 Å². The second kappa shape index (κ2) is 4.69. The number of nitrogens with zero attached hydrogens (tertiary/aromatic N) is 2. The normalized spacial score (nSPS) is 26.3. The van der Waals surface area contributed by atoms with Crippen LogP contribution in [0.1, 0.15) is 6.42 Å². The molecule has 9 heteroatoms. The van der Waals surface area contributed by atoms with Crippen LogP contribution in [-0.2, 0) is 14.4 Å². The van der Waals surface area contributed by atoms with Crippen molar-refractivity contribution in [1.29, 1.82) is 0 Å². The van der Waals surface area contributed by atoms with Crippen LogP contribution in [0, 0.1) is 0 Å². The Morgan fingerprint density at radius 2 is 2.33 bits per heavy atom. The van der Waals surface area contributed by atoms with Crippen LogP contribution in [0.5, 0.6) is 0 Å². The van der Waals surface area contributed by atoms with Crippen LogP contribution in [0.3, 0.4) is 0 Å². The Morgan fingerprint density at radius 3 is 2.89 bits per heavy atom. The van der Waals surface area contributed by atoms with Crippen molar-refractivity contribution in [3.63, 3.8) is 0 Å². The van der Waals surface area contributed by atoms with Gasteiger partial charge in [0.25, 0.3) is 5.91 Å². The molecule has 0 aromatic heterocycles. The first-order valence-electron chi connectivity index (χ1n) is 4.92. The smallest absolute Gasteiger partial charge is 0.336 e. The van der Waals surface area contributed by atoms with E-state index in [1.807, 2.05) is 0 Å². The lowest BCUT2D eigenvalue weighted by molar-refractivity contribution is -0.138. The number of rotatable bonds is 3. The Bertz CT molecular complexity index is 475. The number of β-lactam (4-membered cyclic amide) rings is 1. The van der Waals surface area contributed by atoms with E-state index in [2.05, 4.69) is 10.5 Å². The Kier molecular flexibility index (Phi) is 3.24. The van der Waals surface area contributed by atoms with Crippen molar-refractivity contribution in [2.24, 2.45) is 5.16 Å². The Hall–Kier alpha value is -2.03. The summed E-state index contributed by atoms with van der Waals surface area (Å²) in [6.45, 7) is 0. The van der Waals surface area contributed by atoms with Crippen molar-refractivity contribution >= 4 is 35.8 Å². The third-order valence-corrected chi connectivity index (χ3v) is 3.85. The van der Waals surface area contributed by atoms with Crippen LogP contribution in [0.15, 0.2) is 16.9 Å². The van der Waals surface area contributed by atoms with Crippen LogP contribution < -0.4 is 5.32 Å². The zero-order valence-electron chi connectivity index (χ0n) is 8.94. The second-order valence-corrected chi connectivity index (χ2v) is 4.91. The van der Waals surface area contributed by atoms with Gasteiger partial charge in [0.2, 0.25) is 5.91 Å². The molecule has 0 radical (unpaired) electrons. The molecular weight excluding hydrogens is 262 g/mol. The lowest BCUT2D eigenvalue weighted by Gasteiger charge is -2.43. The van der Waals surface area contributed by atoms with Gasteiger partial charge in [-0.1, -0.05) is 5.16 Å². The summed E-state index contributed by atoms with van der Waals surface area (Å²) in [6.07, 6.45) is 2.18. The van der Waals surface area contributed by atoms with Crippen molar-refractivity contribution in [3.05, 3.63) is 11.8 Å². The van der Waals surface area contributed by atoms with Gasteiger partial charge in [0.05, 0.1) is 17.4 Å². The van der Waals surface area contributed by atoms with E-state index in [9.17, 15) is 14.4 Å². The summed E-state index contributed by atoms with van der Waals surface area (Å²) in [5.41, 5.74) is -0.0935. The number of nitrogens with one attached hydrogen (secondary N) is 1. The van der Waals surface area contributed by atoms with Crippen LogP contribution >= 0.6 is 11.8 Å². The molecule has 0 aromatic carbocycles. The summed E-state index contributed by atoms with van der Waals surface area (Å²) in [4.78, 5) is 34.8. The topological polar surface area (TPSA) is 119 Å². The zero-order chi connectivity index (χ0) is 13.3. The maximum absolute atomic E-state index is 11.2. The number of hydrogen-bond donors (Lipinski definition) is 3. The average Bonchev–Trinajstić information content (AvgIpc) is 2.27. The van der Waals surface area contributed by atoms with Crippen LogP contribution in [0.25, 0.3) is 0 Å². The Morgan fingerprint density at radius 1 is 1.61 bits per heavy atom. The lowest BCUT2D eigenvalue weighted by Crippen LogP contribution is -2.54. The predicted molar refractivity (Wildman–Crippen MR) is 60.8 cm³/mol. The Balaban J connectivity index is 2.16. The van der Waals surface area contributed by atoms with Crippen molar-refractivity contribution in [3.8, 4) is 0 Å². The van der Waals surface area contributed by atoms with Gasteiger partial charge >= 0.3 is 5.97 Å². The van der Waals surface area contributed by atoms with Crippen molar-refractivity contribution in [1.82, 2.24) is 10.2 Å². The SMILES string of the molecule is O=C(C=NO)NC1S[C@@H]2CC(=O)N2C=C1C(=O)O. The summed E-state index contributed by atoms with van der Waals surface area (Å²) >= 11 is 1.16. The number of fused-ring (bicyclic) bond motifs is 1. The van der Waals surface area contributed by atoms with Crippen LogP contribution in [0.4, 0.5) is 0 Å². The van der Waals surface area contributed by atoms with Crippen molar-refractivity contribution in [2.45, 2.75) is 17.2 Å². The van der Waals surface area contributed by atoms with E-state index in [4.69, 9.17) is 10.3 Å². The molecular formula is C9H9N3O5S. The number of hydrogen-bond acceptors (Lipinski definition) is 6. The first-order chi connectivity index (χ1) is 8.52. The van der Waals surface area contributed by atoms with Gasteiger partial charge in [-0.15, -0.1) is 11.8 Å². The van der Waals surface area contributed by atoms with Gasteiger partial charge in [-0.3, -0.25) is 9.59 Å². The minimum Gasteiger partial charge on any atom is -0.478 e. The number of thioether (sulfide) groups is 1. The molecule has 2 aliphatic rings. The summed E-state index contributed by atoms with van der Waals surface area (Å²) in [7, 11) is 0. The molecule has 0 bridgehead atoms. The molecule has 0 saturated carbocycles. The van der Waals surface area contributed by atoms with Crippen LogP contribution in [0.2, 0.25) is 0 Å². The molecule has 18 heavy (non-hydrogen) atoms. The standard InChI is InChI=1S/C9H9N3O5S/c13-5(2-10-17)11-8-4(9(15)16)3-12-6(14)1-7(12)18-8/h2-3,7-8,17H,1H2,(H,11,13)(H,15,16)/t7-,8?/m1/s1. The van der Waals surface area contributed by atoms with Crippen molar-refractivity contribution < 1.29 is 24.7 Å². The number of aliphatic carboxylic acids is 1. The molecule has 2 amide bonds. The molecule has 8 nitrogen and oxygen atoms in total. The molecule has 3 N–H and O–H groups in total. The molecule has 2 atom stereocenters. The highest BCUT2D eigenvalue weighted by Crippen LogP contribution is 2.39. The largest absolute Gasteiger partial charge is 0.478 e. The van der Waals surface area contributed by atoms with Gasteiger partial charge in [0.15, 0.2) is 0 Å². The molecule has 96 valence electrons. The van der Waals surface area contributed by atoms with Crippen molar-refractivity contribution in [2.75, 3.05) is 0 Å². The number of carboxylic acids is 1. The maximum atomic E-state index is 11.2. The van der Waals surface area contributed by atoms with E-state index < -0.39 is 17.3 Å². The van der Waals surface area contributed by atoms with Gasteiger partial charge in [-0.2, -0.15) is 0 Å². The minimum absolute atomic E-state index is 0.0935. The molecule has 2 rings (SSSR count). The third kappa shape index (κ3) is 2.16. The quantitative estimate of drug-likeness (QED) is 0.266. The van der Waals surface area contributed by atoms with E-state index in [1.54, 1.807) is 0 Å². The van der Waals surface area contributed by atoms with E-state index in [0.717, 1.165) is 11.8 Å². The number of oxime groups is 1. The molecule has 0 aromatic rings. The number of amides is 2. The van der Waals surface area contributed by atoms with E-state index in [1.165, 1.54) is 11.1 Å². The van der Waals surface area contributed by atoms with E-state index in [-0.39, 0.29) is 16.9 Å². The number of carbonyl (C=O) groups is 3. The van der Waals surface area contributed by atoms with Gasteiger partial charge in [-0.05, 0) is 0 Å². The van der Waals surface area contributed by atoms with Gasteiger partial charge in [-0.25, -0.2) is 4.79 Å². The van der Waals surface area contributed by atoms with Gasteiger partial charge in [0, 0.05) is 6.20 Å². The number of carbonyl (C=O) groups excluding carboxylic acids is 2. The zero-order valence-corrected chi connectivity index (χ0v) is 9.75. The molecule has 0 aliphatic carbocycles. The molecule has 1 fully saturated rings. The molecule has 0 spiro atoms. The highest BCUT2D eigenvalue weighted by molar-refractivity contribution is 8.00. The second-order valence-electron chi connectivity index (χ2n) is 3.62. The van der Waals surface area contributed by atoms with E-state index >= 15 is 0 Å². The maximum Gasteiger partial charge on any atom is 0.336 e. The summed E-state index contributed by atoms with van der Waals surface area (Å²) < 4.78 is 0. The molecule has 1 saturated heterocycles. The highest BCUT2D eigenvalue weighted by atomic mass is 32.2. The van der Waals surface area contributed by atoms with E-state index in [0.29, 0.717) is 12.6 Å². The molecule has 1 unspecified atom stereocenters. The fourth-order valence-corrected chi connectivity index (χ4v) is 2.97. The fourth-order valence-electron chi connectivity index (χ4n) is 1.62. The first-order valence-corrected chi connectivity index (χ1v) is 5.86. The fraction of sp³-hybridized carbons (Fsp3) is 0.333. The lowest BCUT2D eigenvalue weighted by atomic mass is 10.1. The predicted octanol–water partition coefficient (Wildman–Crippen LogP) is -0.838. The summed E-state index contributed by atoms with van der Waals surface area (Å²) in [5.74, 6) is -2.07. The summed E-state index contributed by atoms with van der Waals surface area (Å²) in [5, 5.41) is 21.2. The third-order valence-electron chi connectivity index (χ3n) is 2.50. The molecule has 2 heterocycles. The number of carboxylic acid groups (broad SMARTS) is 1. The van der Waals surface area contributed by atoms with Gasteiger partial charge in [0.1, 0.15) is 11.6 Å². The Labute approximate surface area is 105 Å². The highest BCUT2D eigenvalue weighted by Gasteiger charge is 2.43. The molecule has 2 aliphatic heterocycles. The summed E-state index contributed by atoms with van der Waals surface area (Å²) in [6, 6.07) is 0.